The first-order valence-corrected chi connectivity index (χ1v) is 6.25. The van der Waals surface area contributed by atoms with Crippen molar-refractivity contribution in [2.24, 2.45) is 5.73 Å². The first kappa shape index (κ1) is 12.9. The topological polar surface area (TPSA) is 35.2 Å². The average Bonchev–Trinajstić information content (AvgIpc) is 2.39. The van der Waals surface area contributed by atoms with Crippen molar-refractivity contribution >= 4 is 11.6 Å². The van der Waals surface area contributed by atoms with Gasteiger partial charge in [0, 0.05) is 11.6 Å². The molecule has 0 fully saturated rings. The van der Waals surface area contributed by atoms with Gasteiger partial charge in [0.25, 0.3) is 0 Å². The van der Waals surface area contributed by atoms with Gasteiger partial charge in [0.15, 0.2) is 0 Å². The molecule has 1 unspecified atom stereocenters. The molecule has 0 saturated carbocycles. The van der Waals surface area contributed by atoms with Crippen LogP contribution in [-0.2, 0) is 0 Å². The van der Waals surface area contributed by atoms with Gasteiger partial charge in [-0.05, 0) is 36.8 Å². The molecule has 2 rings (SSSR count). The van der Waals surface area contributed by atoms with Gasteiger partial charge in [-0.15, -0.1) is 0 Å². The number of halogens is 1. The lowest BCUT2D eigenvalue weighted by Crippen LogP contribution is -2.18. The molecular formula is C15H16ClNO. The molecule has 0 amide bonds. The van der Waals surface area contributed by atoms with E-state index in [1.165, 1.54) is 5.56 Å². The molecule has 2 nitrogen and oxygen atoms in total. The van der Waals surface area contributed by atoms with E-state index in [9.17, 15) is 0 Å². The number of benzene rings is 2. The highest BCUT2D eigenvalue weighted by Crippen LogP contribution is 2.22. The summed E-state index contributed by atoms with van der Waals surface area (Å²) in [7, 11) is 0. The summed E-state index contributed by atoms with van der Waals surface area (Å²) in [5.74, 6) is 0.825. The smallest absolute Gasteiger partial charge is 0.136 e. The molecule has 0 bridgehead atoms. The van der Waals surface area contributed by atoms with Crippen LogP contribution in [0.4, 0.5) is 0 Å². The second-order valence-electron chi connectivity index (χ2n) is 4.21. The van der Waals surface area contributed by atoms with E-state index < -0.39 is 0 Å². The van der Waals surface area contributed by atoms with E-state index in [2.05, 4.69) is 0 Å². The van der Waals surface area contributed by atoms with Gasteiger partial charge in [0.1, 0.15) is 11.9 Å². The van der Waals surface area contributed by atoms with Crippen LogP contribution in [0.2, 0.25) is 5.02 Å². The zero-order valence-corrected chi connectivity index (χ0v) is 11.0. The van der Waals surface area contributed by atoms with Crippen LogP contribution < -0.4 is 10.5 Å². The maximum Gasteiger partial charge on any atom is 0.136 e. The number of ether oxygens (including phenoxy) is 1. The largest absolute Gasteiger partial charge is 0.484 e. The normalized spacial score (nSPS) is 12.2. The van der Waals surface area contributed by atoms with Crippen molar-refractivity contribution in [3.05, 3.63) is 64.7 Å². The molecule has 0 aliphatic rings. The van der Waals surface area contributed by atoms with Crippen molar-refractivity contribution in [3.8, 4) is 5.75 Å². The molecule has 2 aromatic rings. The summed E-state index contributed by atoms with van der Waals surface area (Å²) < 4.78 is 5.88. The third-order valence-electron chi connectivity index (χ3n) is 2.76. The summed E-state index contributed by atoms with van der Waals surface area (Å²) in [5.41, 5.74) is 8.00. The molecule has 0 aromatic heterocycles. The minimum absolute atomic E-state index is 0.148. The Morgan fingerprint density at radius 2 is 1.67 bits per heavy atom. The second-order valence-corrected chi connectivity index (χ2v) is 4.64. The van der Waals surface area contributed by atoms with Crippen LogP contribution in [0.5, 0.6) is 5.75 Å². The maximum absolute atomic E-state index is 5.88. The molecule has 18 heavy (non-hydrogen) atoms. The quantitative estimate of drug-likeness (QED) is 0.910. The zero-order chi connectivity index (χ0) is 13.0. The van der Waals surface area contributed by atoms with E-state index in [1.54, 1.807) is 0 Å². The molecule has 94 valence electrons. The Kier molecular flexibility index (Phi) is 4.24. The minimum atomic E-state index is -0.148. The predicted molar refractivity (Wildman–Crippen MR) is 75.1 cm³/mol. The maximum atomic E-state index is 5.88. The number of nitrogens with two attached hydrogens (primary N) is 1. The fourth-order valence-corrected chi connectivity index (χ4v) is 1.84. The van der Waals surface area contributed by atoms with E-state index in [0.29, 0.717) is 11.6 Å². The van der Waals surface area contributed by atoms with Crippen LogP contribution in [0, 0.1) is 6.92 Å². The number of hydrogen-bond donors (Lipinski definition) is 1. The Labute approximate surface area is 112 Å². The van der Waals surface area contributed by atoms with Crippen LogP contribution >= 0.6 is 11.6 Å². The lowest BCUT2D eigenvalue weighted by Gasteiger charge is -2.18. The molecule has 3 heteroatoms. The monoisotopic (exact) mass is 261 g/mol. The summed E-state index contributed by atoms with van der Waals surface area (Å²) in [6.07, 6.45) is -0.148. The summed E-state index contributed by atoms with van der Waals surface area (Å²) in [6.45, 7) is 2.47. The predicted octanol–water partition coefficient (Wildman–Crippen LogP) is 3.73. The van der Waals surface area contributed by atoms with E-state index in [-0.39, 0.29) is 6.10 Å². The molecule has 1 atom stereocenters. The molecule has 2 N–H and O–H groups in total. The first-order valence-electron chi connectivity index (χ1n) is 5.88. The molecule has 0 radical (unpaired) electrons. The Morgan fingerprint density at radius 3 is 2.22 bits per heavy atom. The standard InChI is InChI=1S/C15H16ClNO/c1-11-2-8-14(9-3-11)18-15(10-17)12-4-6-13(16)7-5-12/h2-9,15H,10,17H2,1H3. The Bertz CT molecular complexity index is 493. The Balaban J connectivity index is 2.14. The molecular weight excluding hydrogens is 246 g/mol. The average molecular weight is 262 g/mol. The van der Waals surface area contributed by atoms with Crippen molar-refractivity contribution in [2.45, 2.75) is 13.0 Å². The number of rotatable bonds is 4. The minimum Gasteiger partial charge on any atom is -0.484 e. The summed E-state index contributed by atoms with van der Waals surface area (Å²) >= 11 is 5.87. The van der Waals surface area contributed by atoms with Crippen molar-refractivity contribution < 1.29 is 4.74 Å². The molecule has 0 heterocycles. The molecule has 0 saturated heterocycles. The van der Waals surface area contributed by atoms with Gasteiger partial charge < -0.3 is 10.5 Å². The molecule has 0 spiro atoms. The summed E-state index contributed by atoms with van der Waals surface area (Å²) in [6, 6.07) is 15.5. The lowest BCUT2D eigenvalue weighted by molar-refractivity contribution is 0.214. The molecule has 0 aliphatic heterocycles. The van der Waals surface area contributed by atoms with E-state index >= 15 is 0 Å². The number of hydrogen-bond acceptors (Lipinski definition) is 2. The van der Waals surface area contributed by atoms with Crippen molar-refractivity contribution in [3.63, 3.8) is 0 Å². The fraction of sp³-hybridized carbons (Fsp3) is 0.200. The van der Waals surface area contributed by atoms with Crippen LogP contribution in [0.15, 0.2) is 48.5 Å². The van der Waals surface area contributed by atoms with Crippen molar-refractivity contribution in [1.29, 1.82) is 0 Å². The van der Waals surface area contributed by atoms with Gasteiger partial charge in [-0.3, -0.25) is 0 Å². The van der Waals surface area contributed by atoms with Crippen molar-refractivity contribution in [2.75, 3.05) is 6.54 Å². The van der Waals surface area contributed by atoms with Crippen LogP contribution in [-0.4, -0.2) is 6.54 Å². The third-order valence-corrected chi connectivity index (χ3v) is 3.01. The van der Waals surface area contributed by atoms with E-state index in [0.717, 1.165) is 11.3 Å². The third kappa shape index (κ3) is 3.25. The highest BCUT2D eigenvalue weighted by Gasteiger charge is 2.11. The fourth-order valence-electron chi connectivity index (χ4n) is 1.71. The lowest BCUT2D eigenvalue weighted by atomic mass is 10.1. The highest BCUT2D eigenvalue weighted by molar-refractivity contribution is 6.30. The van der Waals surface area contributed by atoms with E-state index in [4.69, 9.17) is 22.1 Å². The highest BCUT2D eigenvalue weighted by atomic mass is 35.5. The first-order chi connectivity index (χ1) is 8.69. The SMILES string of the molecule is Cc1ccc(OC(CN)c2ccc(Cl)cc2)cc1. The van der Waals surface area contributed by atoms with Crippen LogP contribution in [0.1, 0.15) is 17.2 Å². The summed E-state index contributed by atoms with van der Waals surface area (Å²) in [5, 5.41) is 0.713. The van der Waals surface area contributed by atoms with E-state index in [1.807, 2.05) is 55.5 Å². The Hall–Kier alpha value is -1.51. The van der Waals surface area contributed by atoms with Gasteiger partial charge in [0.05, 0.1) is 0 Å². The van der Waals surface area contributed by atoms with Gasteiger partial charge in [-0.2, -0.15) is 0 Å². The van der Waals surface area contributed by atoms with Crippen LogP contribution in [0.3, 0.4) is 0 Å². The Morgan fingerprint density at radius 1 is 1.06 bits per heavy atom. The van der Waals surface area contributed by atoms with Gasteiger partial charge in [0.2, 0.25) is 0 Å². The van der Waals surface area contributed by atoms with Crippen molar-refractivity contribution in [1.82, 2.24) is 0 Å². The zero-order valence-electron chi connectivity index (χ0n) is 10.3. The van der Waals surface area contributed by atoms with Crippen LogP contribution in [0.25, 0.3) is 0 Å². The van der Waals surface area contributed by atoms with Gasteiger partial charge in [-0.25, -0.2) is 0 Å². The molecule has 2 aromatic carbocycles. The second kappa shape index (κ2) is 5.89. The molecule has 0 aliphatic carbocycles. The summed E-state index contributed by atoms with van der Waals surface area (Å²) in [4.78, 5) is 0. The number of aryl methyl sites for hydroxylation is 1. The van der Waals surface area contributed by atoms with Gasteiger partial charge in [-0.1, -0.05) is 41.4 Å². The van der Waals surface area contributed by atoms with Gasteiger partial charge >= 0.3 is 0 Å².